The van der Waals surface area contributed by atoms with Crippen LogP contribution in [0.3, 0.4) is 0 Å². The van der Waals surface area contributed by atoms with E-state index in [2.05, 4.69) is 28.3 Å². The van der Waals surface area contributed by atoms with Crippen LogP contribution in [-0.2, 0) is 16.0 Å². The van der Waals surface area contributed by atoms with Gasteiger partial charge in [0.05, 0.1) is 5.69 Å². The van der Waals surface area contributed by atoms with Crippen molar-refractivity contribution in [2.75, 3.05) is 5.01 Å². The van der Waals surface area contributed by atoms with Crippen molar-refractivity contribution < 1.29 is 9.59 Å². The molecule has 1 aliphatic rings. The number of benzene rings is 2. The molecule has 0 spiro atoms. The molecular formula is C18H15BrN2O2. The molecule has 1 heterocycles. The number of hydrogen-bond acceptors (Lipinski definition) is 2. The Morgan fingerprint density at radius 3 is 2.52 bits per heavy atom. The fraction of sp³-hybridized carbons (Fsp3) is 0.111. The third-order valence-corrected chi connectivity index (χ3v) is 4.15. The molecule has 2 aromatic carbocycles. The average Bonchev–Trinajstić information content (AvgIpc) is 2.83. The lowest BCUT2D eigenvalue weighted by molar-refractivity contribution is -0.117. The van der Waals surface area contributed by atoms with Crippen LogP contribution in [0.25, 0.3) is 6.08 Å². The van der Waals surface area contributed by atoms with Crippen molar-refractivity contribution in [1.29, 1.82) is 0 Å². The maximum Gasteiger partial charge on any atom is 0.282 e. The van der Waals surface area contributed by atoms with Gasteiger partial charge in [0.25, 0.3) is 11.8 Å². The molecule has 0 radical (unpaired) electrons. The predicted octanol–water partition coefficient (Wildman–Crippen LogP) is 3.47. The summed E-state index contributed by atoms with van der Waals surface area (Å²) in [5.74, 6) is -0.742. The van der Waals surface area contributed by atoms with Crippen molar-refractivity contribution in [3.63, 3.8) is 0 Å². The number of nitrogens with one attached hydrogen (secondary N) is 1. The highest BCUT2D eigenvalue weighted by Gasteiger charge is 2.34. The number of nitrogens with zero attached hydrogens (tertiary/aromatic N) is 1. The van der Waals surface area contributed by atoms with Gasteiger partial charge in [-0.15, -0.1) is 0 Å². The normalized spacial score (nSPS) is 16.1. The number of amides is 2. The molecular weight excluding hydrogens is 356 g/mol. The van der Waals surface area contributed by atoms with Gasteiger partial charge in [-0.2, -0.15) is 0 Å². The molecule has 2 amide bonds. The first-order valence-electron chi connectivity index (χ1n) is 7.30. The van der Waals surface area contributed by atoms with Crippen LogP contribution >= 0.6 is 15.9 Å². The molecule has 116 valence electrons. The minimum atomic E-state index is -0.394. The first-order valence-corrected chi connectivity index (χ1v) is 8.09. The predicted molar refractivity (Wildman–Crippen MR) is 93.6 cm³/mol. The van der Waals surface area contributed by atoms with Crippen LogP contribution in [0.1, 0.15) is 18.1 Å². The van der Waals surface area contributed by atoms with Crippen LogP contribution in [0, 0.1) is 0 Å². The van der Waals surface area contributed by atoms with Gasteiger partial charge in [-0.25, -0.2) is 5.01 Å². The number of carbonyl (C=O) groups excluding carboxylic acids is 2. The molecule has 1 fully saturated rings. The van der Waals surface area contributed by atoms with Crippen LogP contribution in [-0.4, -0.2) is 11.8 Å². The molecule has 4 nitrogen and oxygen atoms in total. The van der Waals surface area contributed by atoms with E-state index >= 15 is 0 Å². The zero-order chi connectivity index (χ0) is 16.4. The molecule has 1 aliphatic heterocycles. The number of hydrazine groups is 1. The Balaban J connectivity index is 1.90. The molecule has 0 atom stereocenters. The fourth-order valence-corrected chi connectivity index (χ4v) is 2.80. The van der Waals surface area contributed by atoms with E-state index in [1.807, 2.05) is 48.5 Å². The zero-order valence-electron chi connectivity index (χ0n) is 12.5. The Labute approximate surface area is 142 Å². The van der Waals surface area contributed by atoms with Crippen molar-refractivity contribution in [2.45, 2.75) is 13.3 Å². The first-order chi connectivity index (χ1) is 11.1. The van der Waals surface area contributed by atoms with E-state index in [4.69, 9.17) is 0 Å². The lowest BCUT2D eigenvalue weighted by atomic mass is 10.1. The second-order valence-electron chi connectivity index (χ2n) is 5.21. The van der Waals surface area contributed by atoms with Crippen molar-refractivity contribution in [2.24, 2.45) is 0 Å². The van der Waals surface area contributed by atoms with Crippen molar-refractivity contribution in [1.82, 2.24) is 5.43 Å². The van der Waals surface area contributed by atoms with Crippen LogP contribution in [0.4, 0.5) is 5.69 Å². The number of rotatable bonds is 3. The van der Waals surface area contributed by atoms with Crippen molar-refractivity contribution in [3.8, 4) is 0 Å². The van der Waals surface area contributed by atoms with Gasteiger partial charge in [0.2, 0.25) is 0 Å². The molecule has 1 saturated heterocycles. The SMILES string of the molecule is CCc1ccc(N2NC(=O)C(=Cc3cccc(Br)c3)C2=O)cc1. The number of halogens is 1. The Hall–Kier alpha value is -2.40. The van der Waals surface area contributed by atoms with E-state index < -0.39 is 5.91 Å². The molecule has 0 bridgehead atoms. The zero-order valence-corrected chi connectivity index (χ0v) is 14.1. The Morgan fingerprint density at radius 2 is 1.87 bits per heavy atom. The Bertz CT molecular complexity index is 797. The molecule has 1 N–H and O–H groups in total. The largest absolute Gasteiger partial charge is 0.282 e. The highest BCUT2D eigenvalue weighted by Crippen LogP contribution is 2.23. The van der Waals surface area contributed by atoms with Gasteiger partial charge >= 0.3 is 0 Å². The Morgan fingerprint density at radius 1 is 1.13 bits per heavy atom. The average molecular weight is 371 g/mol. The summed E-state index contributed by atoms with van der Waals surface area (Å²) < 4.78 is 0.893. The van der Waals surface area contributed by atoms with Gasteiger partial charge in [-0.1, -0.05) is 47.1 Å². The number of anilines is 1. The van der Waals surface area contributed by atoms with Crippen LogP contribution in [0.5, 0.6) is 0 Å². The monoisotopic (exact) mass is 370 g/mol. The molecule has 0 saturated carbocycles. The van der Waals surface area contributed by atoms with Crippen molar-refractivity contribution in [3.05, 3.63) is 69.7 Å². The fourth-order valence-electron chi connectivity index (χ4n) is 2.38. The summed E-state index contributed by atoms with van der Waals surface area (Å²) in [4.78, 5) is 24.6. The lowest BCUT2D eigenvalue weighted by Gasteiger charge is -2.14. The third kappa shape index (κ3) is 3.19. The van der Waals surface area contributed by atoms with E-state index in [-0.39, 0.29) is 11.5 Å². The molecule has 0 unspecified atom stereocenters. The van der Waals surface area contributed by atoms with E-state index in [1.54, 1.807) is 6.08 Å². The second kappa shape index (κ2) is 6.38. The lowest BCUT2D eigenvalue weighted by Crippen LogP contribution is -2.35. The summed E-state index contributed by atoms with van der Waals surface area (Å²) in [6, 6.07) is 15.0. The van der Waals surface area contributed by atoms with E-state index in [0.717, 1.165) is 16.5 Å². The molecule has 23 heavy (non-hydrogen) atoms. The second-order valence-corrected chi connectivity index (χ2v) is 6.13. The first kappa shape index (κ1) is 15.5. The van der Waals surface area contributed by atoms with Gasteiger partial charge in [-0.3, -0.25) is 15.0 Å². The smallest absolute Gasteiger partial charge is 0.267 e. The maximum atomic E-state index is 12.5. The standard InChI is InChI=1S/C18H15BrN2O2/c1-2-12-6-8-15(9-7-12)21-18(23)16(17(22)20-21)11-13-4-3-5-14(19)10-13/h3-11H,2H2,1H3,(H,20,22). The summed E-state index contributed by atoms with van der Waals surface area (Å²) in [6.45, 7) is 2.07. The topological polar surface area (TPSA) is 49.4 Å². The molecule has 2 aromatic rings. The summed E-state index contributed by atoms with van der Waals surface area (Å²) >= 11 is 3.38. The summed E-state index contributed by atoms with van der Waals surface area (Å²) in [7, 11) is 0. The van der Waals surface area contributed by atoms with E-state index in [1.165, 1.54) is 10.6 Å². The third-order valence-electron chi connectivity index (χ3n) is 3.65. The van der Waals surface area contributed by atoms with Crippen molar-refractivity contribution >= 4 is 39.5 Å². The van der Waals surface area contributed by atoms with E-state index in [0.29, 0.717) is 5.69 Å². The number of carbonyl (C=O) groups is 2. The van der Waals surface area contributed by atoms with Gasteiger partial charge in [0.15, 0.2) is 0 Å². The summed E-state index contributed by atoms with van der Waals surface area (Å²) in [5, 5.41) is 1.28. The maximum absolute atomic E-state index is 12.5. The highest BCUT2D eigenvalue weighted by atomic mass is 79.9. The molecule has 3 rings (SSSR count). The minimum absolute atomic E-state index is 0.127. The summed E-state index contributed by atoms with van der Waals surface area (Å²) in [6.07, 6.45) is 2.53. The molecule has 0 aromatic heterocycles. The number of hydrogen-bond donors (Lipinski definition) is 1. The van der Waals surface area contributed by atoms with Crippen LogP contribution < -0.4 is 10.4 Å². The van der Waals surface area contributed by atoms with Crippen LogP contribution in [0.2, 0.25) is 0 Å². The van der Waals surface area contributed by atoms with Crippen LogP contribution in [0.15, 0.2) is 58.6 Å². The number of aryl methyl sites for hydroxylation is 1. The molecule has 5 heteroatoms. The quantitative estimate of drug-likeness (QED) is 0.664. The Kier molecular flexibility index (Phi) is 4.30. The van der Waals surface area contributed by atoms with Gasteiger partial charge < -0.3 is 0 Å². The van der Waals surface area contributed by atoms with Gasteiger partial charge in [-0.05, 0) is 47.9 Å². The highest BCUT2D eigenvalue weighted by molar-refractivity contribution is 9.10. The minimum Gasteiger partial charge on any atom is -0.267 e. The van der Waals surface area contributed by atoms with E-state index in [9.17, 15) is 9.59 Å². The van der Waals surface area contributed by atoms with Gasteiger partial charge in [0, 0.05) is 4.47 Å². The molecule has 0 aliphatic carbocycles. The van der Waals surface area contributed by atoms with Gasteiger partial charge in [0.1, 0.15) is 5.57 Å². The summed E-state index contributed by atoms with van der Waals surface area (Å²) in [5.41, 5.74) is 5.36.